The third-order valence-electron chi connectivity index (χ3n) is 0.793. The van der Waals surface area contributed by atoms with Crippen molar-refractivity contribution in [1.29, 1.82) is 0 Å². The minimum Gasteiger partial charge on any atom is -0.241 e. The van der Waals surface area contributed by atoms with Crippen LogP contribution in [0.5, 0.6) is 0 Å². The van der Waals surface area contributed by atoms with E-state index in [4.69, 9.17) is 0 Å². The van der Waals surface area contributed by atoms with E-state index in [9.17, 15) is 0 Å². The van der Waals surface area contributed by atoms with Gasteiger partial charge in [-0.15, -0.1) is 0 Å². The number of allylic oxidation sites excluding steroid dienone is 3. The van der Waals surface area contributed by atoms with E-state index in [1.165, 1.54) is 6.34 Å². The first-order chi connectivity index (χ1) is 3.89. The van der Waals surface area contributed by atoms with Gasteiger partial charge in [0.2, 0.25) is 0 Å². The lowest BCUT2D eigenvalue weighted by Gasteiger charge is -1.79. The maximum atomic E-state index is 3.90. The van der Waals surface area contributed by atoms with Crippen LogP contribution >= 0.6 is 0 Å². The van der Waals surface area contributed by atoms with E-state index in [-0.39, 0.29) is 0 Å². The second-order valence-electron chi connectivity index (χ2n) is 1.48. The molecule has 0 saturated heterocycles. The molecule has 2 heteroatoms. The van der Waals surface area contributed by atoms with Crippen molar-refractivity contribution in [3.8, 4) is 0 Å². The van der Waals surface area contributed by atoms with Gasteiger partial charge < -0.3 is 0 Å². The van der Waals surface area contributed by atoms with Gasteiger partial charge >= 0.3 is 0 Å². The van der Waals surface area contributed by atoms with Crippen molar-refractivity contribution in [3.05, 3.63) is 17.8 Å². The SMILES string of the molecule is CC1=CC=C=NC=N1. The van der Waals surface area contributed by atoms with Crippen molar-refractivity contribution in [3.63, 3.8) is 0 Å². The monoisotopic (exact) mass is 106 g/mol. The van der Waals surface area contributed by atoms with Gasteiger partial charge in [0.25, 0.3) is 0 Å². The molecule has 0 atom stereocenters. The van der Waals surface area contributed by atoms with Crippen LogP contribution in [0.2, 0.25) is 0 Å². The summed E-state index contributed by atoms with van der Waals surface area (Å²) in [5.41, 5.74) is 0.957. The normalized spacial score (nSPS) is 15.9. The van der Waals surface area contributed by atoms with Crippen molar-refractivity contribution in [2.24, 2.45) is 9.98 Å². The molecule has 0 aliphatic carbocycles. The zero-order valence-corrected chi connectivity index (χ0v) is 4.63. The lowest BCUT2D eigenvalue weighted by molar-refractivity contribution is 1.32. The van der Waals surface area contributed by atoms with E-state index in [1.807, 2.05) is 13.0 Å². The summed E-state index contributed by atoms with van der Waals surface area (Å²) in [4.78, 5) is 7.57. The van der Waals surface area contributed by atoms with E-state index in [0.717, 1.165) is 5.70 Å². The van der Waals surface area contributed by atoms with Gasteiger partial charge in [0, 0.05) is 11.8 Å². The molecule has 0 aromatic heterocycles. The van der Waals surface area contributed by atoms with Crippen molar-refractivity contribution >= 4 is 12.2 Å². The minimum atomic E-state index is 0.957. The van der Waals surface area contributed by atoms with E-state index in [0.29, 0.717) is 0 Å². The fraction of sp³-hybridized carbons (Fsp3) is 0.167. The van der Waals surface area contributed by atoms with Gasteiger partial charge in [-0.3, -0.25) is 0 Å². The van der Waals surface area contributed by atoms with E-state index < -0.39 is 0 Å². The third kappa shape index (κ3) is 1.17. The van der Waals surface area contributed by atoms with Gasteiger partial charge in [0.15, 0.2) is 0 Å². The van der Waals surface area contributed by atoms with Crippen LogP contribution in [0.3, 0.4) is 0 Å². The molecule has 0 saturated carbocycles. The Morgan fingerprint density at radius 1 is 1.62 bits per heavy atom. The maximum absolute atomic E-state index is 3.90. The molecule has 1 aliphatic heterocycles. The van der Waals surface area contributed by atoms with Crippen LogP contribution in [-0.4, -0.2) is 12.2 Å². The predicted molar refractivity (Wildman–Crippen MR) is 34.3 cm³/mol. The average Bonchev–Trinajstić information content (AvgIpc) is 1.94. The Morgan fingerprint density at radius 2 is 2.50 bits per heavy atom. The predicted octanol–water partition coefficient (Wildman–Crippen LogP) is 1.16. The fourth-order valence-electron chi connectivity index (χ4n) is 0.397. The molecule has 0 aromatic carbocycles. The summed E-state index contributed by atoms with van der Waals surface area (Å²) < 4.78 is 0. The highest BCUT2D eigenvalue weighted by molar-refractivity contribution is 5.72. The Hall–Kier alpha value is -1.14. The smallest absolute Gasteiger partial charge is 0.125 e. The summed E-state index contributed by atoms with van der Waals surface area (Å²) in [6, 6.07) is 0. The molecule has 0 amide bonds. The molecule has 1 rings (SSSR count). The first-order valence-corrected chi connectivity index (χ1v) is 2.37. The summed E-state index contributed by atoms with van der Waals surface area (Å²) in [6.45, 7) is 1.91. The molecule has 0 aromatic rings. The fourth-order valence-corrected chi connectivity index (χ4v) is 0.397. The Morgan fingerprint density at radius 3 is 3.38 bits per heavy atom. The van der Waals surface area contributed by atoms with Crippen LogP contribution in [-0.2, 0) is 0 Å². The molecule has 1 aliphatic rings. The second kappa shape index (κ2) is 2.24. The van der Waals surface area contributed by atoms with Gasteiger partial charge in [-0.25, -0.2) is 4.99 Å². The van der Waals surface area contributed by atoms with Crippen molar-refractivity contribution in [2.75, 3.05) is 0 Å². The Balaban J connectivity index is 2.90. The van der Waals surface area contributed by atoms with Crippen LogP contribution < -0.4 is 0 Å². The largest absolute Gasteiger partial charge is 0.241 e. The molecule has 0 N–H and O–H groups in total. The summed E-state index contributed by atoms with van der Waals surface area (Å²) >= 11 is 0. The number of hydrogen-bond acceptors (Lipinski definition) is 2. The summed E-state index contributed by atoms with van der Waals surface area (Å²) in [7, 11) is 0. The molecule has 1 heterocycles. The standard InChI is InChI=1S/C6H6N2/c1-6-3-2-4-7-5-8-6/h2-3,5H,1H3. The molecule has 0 bridgehead atoms. The van der Waals surface area contributed by atoms with Crippen LogP contribution in [0, 0.1) is 0 Å². The highest BCUT2D eigenvalue weighted by Crippen LogP contribution is 1.93. The highest BCUT2D eigenvalue weighted by atomic mass is 14.8. The minimum absolute atomic E-state index is 0.957. The Labute approximate surface area is 48.0 Å². The summed E-state index contributed by atoms with van der Waals surface area (Å²) in [5, 5.41) is 0. The van der Waals surface area contributed by atoms with Crippen LogP contribution in [0.15, 0.2) is 27.8 Å². The molecule has 0 unspecified atom stereocenters. The van der Waals surface area contributed by atoms with Gasteiger partial charge in [-0.1, -0.05) is 0 Å². The lowest BCUT2D eigenvalue weighted by atomic mass is 10.4. The van der Waals surface area contributed by atoms with Crippen LogP contribution in [0.4, 0.5) is 0 Å². The van der Waals surface area contributed by atoms with Gasteiger partial charge in [0.05, 0.1) is 0 Å². The average molecular weight is 106 g/mol. The zero-order valence-electron chi connectivity index (χ0n) is 4.63. The highest BCUT2D eigenvalue weighted by Gasteiger charge is 1.78. The maximum Gasteiger partial charge on any atom is 0.125 e. The van der Waals surface area contributed by atoms with Gasteiger partial charge in [0.1, 0.15) is 6.34 Å². The third-order valence-corrected chi connectivity index (χ3v) is 0.793. The molecular weight excluding hydrogens is 100 g/mol. The van der Waals surface area contributed by atoms with E-state index in [2.05, 4.69) is 15.9 Å². The Kier molecular flexibility index (Phi) is 1.40. The summed E-state index contributed by atoms with van der Waals surface area (Å²) in [5.74, 6) is 2.65. The molecule has 0 spiro atoms. The van der Waals surface area contributed by atoms with Crippen molar-refractivity contribution < 1.29 is 0 Å². The van der Waals surface area contributed by atoms with Crippen LogP contribution in [0.25, 0.3) is 0 Å². The lowest BCUT2D eigenvalue weighted by Crippen LogP contribution is -1.64. The quantitative estimate of drug-likeness (QED) is 0.442. The molecular formula is C6H6N2. The van der Waals surface area contributed by atoms with Crippen molar-refractivity contribution in [1.82, 2.24) is 0 Å². The van der Waals surface area contributed by atoms with Crippen molar-refractivity contribution in [2.45, 2.75) is 6.92 Å². The second-order valence-corrected chi connectivity index (χ2v) is 1.48. The number of nitrogens with zero attached hydrogens (tertiary/aromatic N) is 2. The number of hydrogen-bond donors (Lipinski definition) is 0. The first-order valence-electron chi connectivity index (χ1n) is 2.37. The van der Waals surface area contributed by atoms with E-state index in [1.54, 1.807) is 6.08 Å². The molecule has 2 nitrogen and oxygen atoms in total. The van der Waals surface area contributed by atoms with Crippen LogP contribution in [0.1, 0.15) is 6.92 Å². The van der Waals surface area contributed by atoms with Gasteiger partial charge in [-0.05, 0) is 18.9 Å². The van der Waals surface area contributed by atoms with Gasteiger partial charge in [-0.2, -0.15) is 4.99 Å². The number of rotatable bonds is 0. The Bertz CT molecular complexity index is 193. The molecule has 0 radical (unpaired) electrons. The number of aliphatic imine (C=N–C) groups is 2. The summed E-state index contributed by atoms with van der Waals surface area (Å²) in [6.07, 6.45) is 5.07. The molecule has 0 fully saturated rings. The molecule has 40 valence electrons. The molecule has 8 heavy (non-hydrogen) atoms. The topological polar surface area (TPSA) is 24.7 Å². The first kappa shape index (κ1) is 5.01. The van der Waals surface area contributed by atoms with E-state index >= 15 is 0 Å². The zero-order chi connectivity index (χ0) is 5.82.